The molecule has 0 bridgehead atoms. The van der Waals surface area contributed by atoms with E-state index < -0.39 is 78.9 Å². The summed E-state index contributed by atoms with van der Waals surface area (Å²) in [6.45, 7) is 2.47. The van der Waals surface area contributed by atoms with Gasteiger partial charge in [-0.25, -0.2) is 32.6 Å². The highest BCUT2D eigenvalue weighted by atomic mass is 31.3. The second-order valence-corrected chi connectivity index (χ2v) is 18.0. The molecule has 328 valence electrons. The maximum absolute atomic E-state index is 11.7. The molecule has 10 unspecified atom stereocenters. The van der Waals surface area contributed by atoms with Gasteiger partial charge in [-0.3, -0.25) is 13.4 Å². The molecule has 0 saturated carbocycles. The van der Waals surface area contributed by atoms with E-state index in [0.29, 0.717) is 34.3 Å². The Labute approximate surface area is 337 Å². The summed E-state index contributed by atoms with van der Waals surface area (Å²) >= 11 is 0. The Hall–Kier alpha value is -3.83. The largest absolute Gasteiger partial charge is 0.790 e. The molecule has 8 heterocycles. The van der Waals surface area contributed by atoms with Gasteiger partial charge in [0, 0.05) is 27.9 Å². The predicted octanol–water partition coefficient (Wildman–Crippen LogP) is -6.51. The maximum Gasteiger partial charge on any atom is 0.307 e. The van der Waals surface area contributed by atoms with Crippen molar-refractivity contribution in [1.29, 1.82) is 0 Å². The smallest absolute Gasteiger partial charge is 0.307 e. The van der Waals surface area contributed by atoms with Gasteiger partial charge in [0.05, 0.1) is 21.0 Å². The van der Waals surface area contributed by atoms with Crippen molar-refractivity contribution in [3.63, 3.8) is 0 Å². The van der Waals surface area contributed by atoms with Crippen molar-refractivity contribution < 1.29 is 90.6 Å². The Bertz CT molecular complexity index is 2500. The Morgan fingerprint density at radius 3 is 1.55 bits per heavy atom. The van der Waals surface area contributed by atoms with Crippen molar-refractivity contribution in [3.05, 3.63) is 25.3 Å². The van der Waals surface area contributed by atoms with Crippen LogP contribution in [0, 0.1) is 0 Å². The van der Waals surface area contributed by atoms with Gasteiger partial charge < -0.3 is 63.7 Å². The number of imidazole rings is 2. The van der Waals surface area contributed by atoms with Crippen LogP contribution in [0.15, 0.2) is 35.5 Å². The van der Waals surface area contributed by atoms with Crippen LogP contribution in [0.3, 0.4) is 0 Å². The van der Waals surface area contributed by atoms with Gasteiger partial charge in [0.1, 0.15) is 61.9 Å². The number of aromatic nitrogens is 8. The lowest BCUT2D eigenvalue weighted by Gasteiger charge is -2.37. The lowest BCUT2D eigenvalue weighted by atomic mass is 10.1. The molecular formula is C28H37N12O17P3-2. The summed E-state index contributed by atoms with van der Waals surface area (Å²) in [5, 5.41) is 61.9. The Kier molecular flexibility index (Phi) is 12.1. The number of hydrogen-bond donors (Lipinski definition) is 5. The van der Waals surface area contributed by atoms with Gasteiger partial charge in [0.15, 0.2) is 48.6 Å². The molecule has 5 N–H and O–H groups in total. The summed E-state index contributed by atoms with van der Waals surface area (Å²) in [4.78, 5) is 60.8. The topological polar surface area (TPSA) is 391 Å². The molecule has 4 aliphatic rings. The molecule has 0 radical (unpaired) electrons. The highest BCUT2D eigenvalue weighted by Crippen LogP contribution is 2.60. The summed E-state index contributed by atoms with van der Waals surface area (Å²) < 4.78 is 62.3. The molecule has 8 rings (SSSR count). The number of hydrazone groups is 2. The normalized spacial score (nSPS) is 28.4. The van der Waals surface area contributed by atoms with Gasteiger partial charge in [-0.05, 0) is 0 Å². The van der Waals surface area contributed by atoms with E-state index >= 15 is 0 Å². The van der Waals surface area contributed by atoms with Crippen molar-refractivity contribution in [2.24, 2.45) is 10.2 Å². The van der Waals surface area contributed by atoms with Crippen LogP contribution in [0.25, 0.3) is 22.3 Å². The summed E-state index contributed by atoms with van der Waals surface area (Å²) in [5.74, 6) is 2.56. The minimum atomic E-state index is -6.14. The van der Waals surface area contributed by atoms with Crippen molar-refractivity contribution in [1.82, 2.24) is 29.1 Å². The zero-order valence-electron chi connectivity index (χ0n) is 31.6. The minimum Gasteiger partial charge on any atom is -0.790 e. The van der Waals surface area contributed by atoms with Gasteiger partial charge in [-0.1, -0.05) is 9.97 Å². The second kappa shape index (κ2) is 16.5. The predicted molar refractivity (Wildman–Crippen MR) is 189 cm³/mol. The van der Waals surface area contributed by atoms with E-state index in [9.17, 15) is 58.8 Å². The molecule has 0 aliphatic carbocycles. The monoisotopic (exact) mass is 906 g/mol. The third-order valence-corrected chi connectivity index (χ3v) is 13.3. The third kappa shape index (κ3) is 8.77. The van der Waals surface area contributed by atoms with Crippen molar-refractivity contribution in [3.8, 4) is 0 Å². The van der Waals surface area contributed by atoms with E-state index in [1.807, 2.05) is 29.4 Å². The third-order valence-electron chi connectivity index (χ3n) is 9.66. The van der Waals surface area contributed by atoms with Gasteiger partial charge in [-0.2, -0.15) is 9.97 Å². The molecule has 2 saturated heterocycles. The summed E-state index contributed by atoms with van der Waals surface area (Å²) in [7, 11) is -14.5. The SMILES string of the molecule is CC1=NN(C)c2ncnc3c2n1c[n+]3CC1OC(CO)C(O)C1O.CC1=NN(C)c2ncnc3c2n1c[n+]3CC1OC(COP(=O)([O-])OP(=O)([O-])OP(=O)([O-])[O-])C(O)C1O. The van der Waals surface area contributed by atoms with Crippen LogP contribution in [-0.2, 0) is 49.4 Å². The van der Waals surface area contributed by atoms with E-state index in [4.69, 9.17) is 9.47 Å². The number of phosphoric acid groups is 3. The maximum atomic E-state index is 11.7. The van der Waals surface area contributed by atoms with E-state index in [1.54, 1.807) is 39.5 Å². The summed E-state index contributed by atoms with van der Waals surface area (Å²) in [6.07, 6.45) is -3.16. The number of ether oxygens (including phenoxy) is 2. The van der Waals surface area contributed by atoms with Crippen molar-refractivity contribution in [2.45, 2.75) is 75.8 Å². The number of phosphoric ester groups is 1. The lowest BCUT2D eigenvalue weighted by molar-refractivity contribution is -0.681. The minimum absolute atomic E-state index is 0.0664. The molecule has 60 heavy (non-hydrogen) atoms. The number of rotatable bonds is 12. The fraction of sp³-hybridized carbons (Fsp3) is 0.571. The van der Waals surface area contributed by atoms with Crippen LogP contribution in [0.1, 0.15) is 13.8 Å². The van der Waals surface area contributed by atoms with Crippen LogP contribution >= 0.6 is 23.5 Å². The summed E-state index contributed by atoms with van der Waals surface area (Å²) in [5.41, 5.74) is 2.57. The zero-order chi connectivity index (χ0) is 43.6. The van der Waals surface area contributed by atoms with Gasteiger partial charge >= 0.3 is 11.3 Å². The Morgan fingerprint density at radius 1 is 0.683 bits per heavy atom. The number of aliphatic hydroxyl groups excluding tert-OH is 5. The first kappa shape index (κ1) is 44.2. The first-order chi connectivity index (χ1) is 28.1. The molecule has 4 aromatic rings. The average Bonchev–Trinajstić information content (AvgIpc) is 3.87. The van der Waals surface area contributed by atoms with Crippen LogP contribution in [-0.4, -0.2) is 142 Å². The van der Waals surface area contributed by atoms with Crippen LogP contribution in [0.2, 0.25) is 0 Å². The highest BCUT2D eigenvalue weighted by molar-refractivity contribution is 7.64. The Morgan fingerprint density at radius 2 is 1.12 bits per heavy atom. The molecule has 10 atom stereocenters. The first-order valence-electron chi connectivity index (χ1n) is 17.5. The van der Waals surface area contributed by atoms with Crippen molar-refractivity contribution in [2.75, 3.05) is 37.3 Å². The van der Waals surface area contributed by atoms with Gasteiger partial charge in [-0.15, -0.1) is 10.2 Å². The molecule has 29 nitrogen and oxygen atoms in total. The molecule has 0 spiro atoms. The van der Waals surface area contributed by atoms with E-state index in [0.717, 1.165) is 11.4 Å². The fourth-order valence-corrected chi connectivity index (χ4v) is 9.88. The number of anilines is 2. The van der Waals surface area contributed by atoms with E-state index in [1.165, 1.54) is 12.7 Å². The Balaban J connectivity index is 0.000000196. The molecular weight excluding hydrogens is 869 g/mol. The number of nitrogens with zero attached hydrogens (tertiary/aromatic N) is 12. The second-order valence-electron chi connectivity index (χ2n) is 13.7. The van der Waals surface area contributed by atoms with Gasteiger partial charge in [0.2, 0.25) is 11.0 Å². The highest BCUT2D eigenvalue weighted by Gasteiger charge is 2.46. The first-order valence-corrected chi connectivity index (χ1v) is 21.9. The zero-order valence-corrected chi connectivity index (χ0v) is 34.3. The van der Waals surface area contributed by atoms with Crippen LogP contribution in [0.4, 0.5) is 11.6 Å². The van der Waals surface area contributed by atoms with Crippen molar-refractivity contribution >= 4 is 69.1 Å². The molecule has 4 aromatic heterocycles. The average molecular weight is 907 g/mol. The van der Waals surface area contributed by atoms with E-state index in [-0.39, 0.29) is 19.7 Å². The molecule has 32 heteroatoms. The van der Waals surface area contributed by atoms with Crippen LogP contribution in [0.5, 0.6) is 0 Å². The van der Waals surface area contributed by atoms with E-state index in [2.05, 4.69) is 43.3 Å². The fourth-order valence-electron chi connectivity index (χ4n) is 7.01. The molecule has 0 amide bonds. The lowest BCUT2D eigenvalue weighted by Crippen LogP contribution is -2.44. The number of hydrogen-bond acceptors (Lipinski definition) is 25. The molecule has 4 aliphatic heterocycles. The summed E-state index contributed by atoms with van der Waals surface area (Å²) in [6, 6.07) is 0. The van der Waals surface area contributed by atoms with Crippen LogP contribution < -0.4 is 38.7 Å². The van der Waals surface area contributed by atoms with Gasteiger partial charge in [0.25, 0.3) is 15.6 Å². The standard InChI is InChI=1S/C14H21N6O13P3.C14H19N6O4/c1-7-17-18(2)13-10-14(16-5-15-13)19(6-20(7)10)3-8-11(21)12(22)9(31-8)4-30-35(26,27)33-36(28,29)32-34(23,24)25;1-7-17-18(2)13-10-14(16-5-15-13)19(6-20(7)10)3-8-11(22)12(23)9(4-21)24-8/h5-6,8-9,11-12,21-22H,3-4H2,1-2H3,(H3-,23,24,25,26,27,28,29);5-6,8-9,11-12,21-23H,3-4H2,1-2H3/q;+1/p-3. The molecule has 0 aromatic carbocycles. The number of aliphatic hydroxyl groups is 5. The quantitative estimate of drug-likeness (QED) is 0.0652. The molecule has 2 fully saturated rings.